The summed E-state index contributed by atoms with van der Waals surface area (Å²) >= 11 is 0. The minimum Gasteiger partial charge on any atom is -0.478 e. The molecule has 3 aromatic rings. The minimum absolute atomic E-state index is 0.00629. The standard InChI is InChI=1S/C19H17N5O2.2CH4O3S/c20-17(21)13-6-9-15-12(10-13)2-1-3-16(15)24-19(22)23-14-7-4-11(5-8-14)18(25)26;2*1-5(2,3)4/h1-10H,(H3,20,21)(H,25,26)(H3,22,23,24);2*1H3,(H,2,3,4). The third kappa shape index (κ3) is 12.4. The van der Waals surface area contributed by atoms with E-state index in [2.05, 4.69) is 10.3 Å². The molecule has 0 bridgehead atoms. The number of aliphatic imine (C=N–C) groups is 1. The van der Waals surface area contributed by atoms with Gasteiger partial charge in [0.25, 0.3) is 20.2 Å². The number of nitrogen functional groups attached to an aromatic ring is 1. The molecule has 0 fully saturated rings. The van der Waals surface area contributed by atoms with Crippen LogP contribution in [-0.4, -0.2) is 61.3 Å². The van der Waals surface area contributed by atoms with Crippen molar-refractivity contribution in [3.63, 3.8) is 0 Å². The predicted octanol–water partition coefficient (Wildman–Crippen LogP) is 1.89. The number of nitrogens with one attached hydrogen (secondary N) is 2. The van der Waals surface area contributed by atoms with Gasteiger partial charge < -0.3 is 21.9 Å². The lowest BCUT2D eigenvalue weighted by molar-refractivity contribution is 0.0697. The molecule has 194 valence electrons. The fraction of sp³-hybridized carbons (Fsp3) is 0.0952. The summed E-state index contributed by atoms with van der Waals surface area (Å²) in [7, 11) is -7.33. The first-order valence-electron chi connectivity index (χ1n) is 9.60. The third-order valence-electron chi connectivity index (χ3n) is 3.81. The van der Waals surface area contributed by atoms with Crippen molar-refractivity contribution in [3.8, 4) is 0 Å². The van der Waals surface area contributed by atoms with Gasteiger partial charge in [0, 0.05) is 16.6 Å². The van der Waals surface area contributed by atoms with E-state index in [0.29, 0.717) is 29.4 Å². The van der Waals surface area contributed by atoms with Crippen LogP contribution in [0.5, 0.6) is 0 Å². The molecule has 15 heteroatoms. The van der Waals surface area contributed by atoms with Crippen LogP contribution in [0.1, 0.15) is 15.9 Å². The third-order valence-corrected chi connectivity index (χ3v) is 3.81. The van der Waals surface area contributed by atoms with Crippen molar-refractivity contribution in [2.75, 3.05) is 17.8 Å². The Balaban J connectivity index is 0.000000550. The monoisotopic (exact) mass is 539 g/mol. The van der Waals surface area contributed by atoms with Gasteiger partial charge in [-0.1, -0.05) is 24.3 Å². The number of rotatable bonds is 4. The summed E-state index contributed by atoms with van der Waals surface area (Å²) in [4.78, 5) is 15.3. The molecule has 0 heterocycles. The first kappa shape index (κ1) is 30.0. The lowest BCUT2D eigenvalue weighted by atomic mass is 10.1. The van der Waals surface area contributed by atoms with Crippen LogP contribution in [-0.2, 0) is 20.2 Å². The van der Waals surface area contributed by atoms with E-state index >= 15 is 0 Å². The van der Waals surface area contributed by atoms with Gasteiger partial charge >= 0.3 is 5.97 Å². The number of aromatic carboxylic acids is 1. The molecule has 0 amide bonds. The predicted molar refractivity (Wildman–Crippen MR) is 138 cm³/mol. The van der Waals surface area contributed by atoms with Crippen molar-refractivity contribution >= 4 is 60.1 Å². The summed E-state index contributed by atoms with van der Waals surface area (Å²) in [6.45, 7) is 0. The quantitative estimate of drug-likeness (QED) is 0.143. The first-order valence-corrected chi connectivity index (χ1v) is 13.3. The second kappa shape index (κ2) is 12.6. The van der Waals surface area contributed by atoms with Gasteiger partial charge in [0.15, 0.2) is 5.96 Å². The molecule has 0 unspecified atom stereocenters. The van der Waals surface area contributed by atoms with E-state index in [0.717, 1.165) is 10.8 Å². The Morgan fingerprint density at radius 1 is 0.889 bits per heavy atom. The number of hydrogen-bond donors (Lipinski definition) is 7. The minimum atomic E-state index is -3.67. The van der Waals surface area contributed by atoms with Crippen molar-refractivity contribution in [1.29, 1.82) is 5.41 Å². The molecule has 0 aliphatic rings. The Labute approximate surface area is 207 Å². The molecule has 0 radical (unpaired) electrons. The lowest BCUT2D eigenvalue weighted by Crippen LogP contribution is -2.21. The molecule has 0 atom stereocenters. The molecule has 13 nitrogen and oxygen atoms in total. The van der Waals surface area contributed by atoms with Gasteiger partial charge in [-0.2, -0.15) is 16.8 Å². The highest BCUT2D eigenvalue weighted by atomic mass is 32.2. The van der Waals surface area contributed by atoms with E-state index in [9.17, 15) is 21.6 Å². The van der Waals surface area contributed by atoms with E-state index in [1.165, 1.54) is 12.1 Å². The average molecular weight is 540 g/mol. The number of amidine groups is 1. The summed E-state index contributed by atoms with van der Waals surface area (Å²) in [5, 5.41) is 21.2. The number of carboxylic acids is 1. The van der Waals surface area contributed by atoms with Crippen LogP contribution in [0.4, 0.5) is 11.4 Å². The molecule has 0 aliphatic carbocycles. The molecular weight excluding hydrogens is 514 g/mol. The topological polar surface area (TPSA) is 246 Å². The summed E-state index contributed by atoms with van der Waals surface area (Å²) < 4.78 is 51.7. The van der Waals surface area contributed by atoms with Gasteiger partial charge in [0.1, 0.15) is 5.84 Å². The van der Waals surface area contributed by atoms with Crippen LogP contribution in [0.2, 0.25) is 0 Å². The zero-order valence-corrected chi connectivity index (χ0v) is 20.7. The lowest BCUT2D eigenvalue weighted by Gasteiger charge is -2.08. The van der Waals surface area contributed by atoms with E-state index in [4.69, 9.17) is 31.1 Å². The fourth-order valence-corrected chi connectivity index (χ4v) is 2.53. The second-order valence-corrected chi connectivity index (χ2v) is 10.0. The van der Waals surface area contributed by atoms with E-state index < -0.39 is 26.2 Å². The molecule has 0 spiro atoms. The Morgan fingerprint density at radius 3 is 1.86 bits per heavy atom. The van der Waals surface area contributed by atoms with Crippen LogP contribution in [0.15, 0.2) is 65.7 Å². The Bertz CT molecular complexity index is 1440. The highest BCUT2D eigenvalue weighted by Gasteiger charge is 2.05. The van der Waals surface area contributed by atoms with E-state index in [-0.39, 0.29) is 17.4 Å². The van der Waals surface area contributed by atoms with Gasteiger partial charge in [-0.3, -0.25) is 14.5 Å². The molecule has 3 aromatic carbocycles. The first-order chi connectivity index (χ1) is 16.4. The van der Waals surface area contributed by atoms with Crippen molar-refractivity contribution in [2.45, 2.75) is 0 Å². The Hall–Kier alpha value is -4.05. The summed E-state index contributed by atoms with van der Waals surface area (Å²) in [6, 6.07) is 17.2. The molecule has 36 heavy (non-hydrogen) atoms. The molecule has 3 rings (SSSR count). The number of benzene rings is 3. The van der Waals surface area contributed by atoms with Crippen molar-refractivity contribution in [1.82, 2.24) is 0 Å². The molecule has 9 N–H and O–H groups in total. The highest BCUT2D eigenvalue weighted by Crippen LogP contribution is 2.27. The number of anilines is 1. The van der Waals surface area contributed by atoms with Crippen LogP contribution >= 0.6 is 0 Å². The summed E-state index contributed by atoms with van der Waals surface area (Å²) in [5.74, 6) is -0.804. The number of nitrogens with two attached hydrogens (primary N) is 2. The largest absolute Gasteiger partial charge is 0.478 e. The van der Waals surface area contributed by atoms with Crippen LogP contribution in [0, 0.1) is 5.41 Å². The smallest absolute Gasteiger partial charge is 0.335 e. The number of guanidine groups is 1. The maximum atomic E-state index is 10.9. The number of fused-ring (bicyclic) bond motifs is 1. The number of carbonyl (C=O) groups is 1. The SMILES string of the molecule is CS(=O)(=O)O.CS(=O)(=O)O.N=C(N)c1ccc2c(N=C(N)Nc3ccc(C(=O)O)cc3)cccc2c1. The number of nitrogens with zero attached hydrogens (tertiary/aromatic N) is 1. The van der Waals surface area contributed by atoms with Gasteiger partial charge in [-0.25, -0.2) is 9.79 Å². The highest BCUT2D eigenvalue weighted by molar-refractivity contribution is 7.85. The number of carboxylic acid groups (broad SMARTS) is 1. The molecule has 0 aliphatic heterocycles. The molecule has 0 aromatic heterocycles. The van der Waals surface area contributed by atoms with Crippen molar-refractivity contribution in [2.24, 2.45) is 16.5 Å². The maximum Gasteiger partial charge on any atom is 0.335 e. The van der Waals surface area contributed by atoms with E-state index in [1.807, 2.05) is 30.3 Å². The zero-order chi connectivity index (χ0) is 27.7. The van der Waals surface area contributed by atoms with Crippen molar-refractivity contribution < 1.29 is 35.8 Å². The number of hydrogen-bond acceptors (Lipinski definition) is 7. The van der Waals surface area contributed by atoms with Gasteiger partial charge in [-0.15, -0.1) is 0 Å². The van der Waals surface area contributed by atoms with Gasteiger partial charge in [0.2, 0.25) is 0 Å². The average Bonchev–Trinajstić information content (AvgIpc) is 2.71. The van der Waals surface area contributed by atoms with Crippen LogP contribution < -0.4 is 16.8 Å². The van der Waals surface area contributed by atoms with Crippen LogP contribution in [0.25, 0.3) is 10.8 Å². The molecule has 0 saturated heterocycles. The fourth-order valence-electron chi connectivity index (χ4n) is 2.53. The summed E-state index contributed by atoms with van der Waals surface area (Å²) in [6.07, 6.45) is 1.43. The summed E-state index contributed by atoms with van der Waals surface area (Å²) in [5.41, 5.74) is 13.6. The zero-order valence-electron chi connectivity index (χ0n) is 19.1. The van der Waals surface area contributed by atoms with Crippen LogP contribution in [0.3, 0.4) is 0 Å². The Kier molecular flexibility index (Phi) is 10.5. The van der Waals surface area contributed by atoms with Gasteiger partial charge in [0.05, 0.1) is 23.8 Å². The maximum absolute atomic E-state index is 10.9. The second-order valence-electron chi connectivity index (χ2n) is 7.10. The van der Waals surface area contributed by atoms with E-state index in [1.54, 1.807) is 18.2 Å². The molecular formula is C21H25N5O8S2. The van der Waals surface area contributed by atoms with Gasteiger partial charge in [-0.05, 0) is 41.8 Å². The normalized spacial score (nSPS) is 11.4. The van der Waals surface area contributed by atoms with Crippen molar-refractivity contribution in [3.05, 3.63) is 71.8 Å². The molecule has 0 saturated carbocycles. The Morgan fingerprint density at radius 2 is 1.39 bits per heavy atom.